The van der Waals surface area contributed by atoms with Gasteiger partial charge in [0, 0.05) is 26.2 Å². The Morgan fingerprint density at radius 3 is 2.33 bits per heavy atom. The summed E-state index contributed by atoms with van der Waals surface area (Å²) < 4.78 is 66.6. The second-order valence-corrected chi connectivity index (χ2v) is 6.26. The summed E-state index contributed by atoms with van der Waals surface area (Å²) >= 11 is 0. The van der Waals surface area contributed by atoms with Crippen LogP contribution in [0.25, 0.3) is 0 Å². The van der Waals surface area contributed by atoms with E-state index in [1.165, 1.54) is 4.90 Å². The van der Waals surface area contributed by atoms with E-state index in [0.717, 1.165) is 23.9 Å². The first kappa shape index (κ1) is 19.1. The van der Waals surface area contributed by atoms with E-state index >= 15 is 0 Å². The zero-order valence-corrected chi connectivity index (χ0v) is 14.1. The highest BCUT2D eigenvalue weighted by molar-refractivity contribution is 5.94. The second-order valence-electron chi connectivity index (χ2n) is 6.26. The molecule has 0 spiro atoms. The highest BCUT2D eigenvalue weighted by Gasteiger charge is 2.39. The number of alkyl halides is 3. The molecule has 1 aromatic carbocycles. The van der Waals surface area contributed by atoms with Crippen LogP contribution in [0, 0.1) is 11.6 Å². The Morgan fingerprint density at radius 2 is 1.81 bits per heavy atom. The highest BCUT2D eigenvalue weighted by Crippen LogP contribution is 2.28. The van der Waals surface area contributed by atoms with Gasteiger partial charge in [-0.2, -0.15) is 13.2 Å². The van der Waals surface area contributed by atoms with E-state index in [-0.39, 0.29) is 31.5 Å². The van der Waals surface area contributed by atoms with Gasteiger partial charge in [-0.15, -0.1) is 5.10 Å². The van der Waals surface area contributed by atoms with Crippen molar-refractivity contribution in [3.8, 4) is 0 Å². The van der Waals surface area contributed by atoms with E-state index in [0.29, 0.717) is 10.6 Å². The van der Waals surface area contributed by atoms with Gasteiger partial charge in [0.05, 0.1) is 11.6 Å². The number of carbonyl (C=O) groups excluding carboxylic acids is 1. The molecule has 27 heavy (non-hydrogen) atoms. The Kier molecular flexibility index (Phi) is 4.79. The predicted molar refractivity (Wildman–Crippen MR) is 83.0 cm³/mol. The summed E-state index contributed by atoms with van der Waals surface area (Å²) in [5.74, 6) is -3.73. The number of carbonyl (C=O) groups is 1. The molecular formula is C16H15F5N4O2. The number of rotatable bonds is 2. The second kappa shape index (κ2) is 6.78. The molecule has 1 aromatic heterocycles. The van der Waals surface area contributed by atoms with Gasteiger partial charge in [-0.1, -0.05) is 0 Å². The van der Waals surface area contributed by atoms with Gasteiger partial charge in [0.25, 0.3) is 5.91 Å². The number of hydrogen-bond donors (Lipinski definition) is 0. The molecule has 2 heterocycles. The van der Waals surface area contributed by atoms with Crippen molar-refractivity contribution in [2.45, 2.75) is 25.1 Å². The lowest BCUT2D eigenvalue weighted by Gasteiger charge is -2.31. The smallest absolute Gasteiger partial charge is 0.338 e. The number of nitrogens with zero attached hydrogens (tertiary/aromatic N) is 4. The molecule has 1 amide bonds. The summed E-state index contributed by atoms with van der Waals surface area (Å²) in [6.45, 7) is 0.204. The third-order valence-corrected chi connectivity index (χ3v) is 4.52. The van der Waals surface area contributed by atoms with Crippen LogP contribution in [0.5, 0.6) is 0 Å². The summed E-state index contributed by atoms with van der Waals surface area (Å²) in [7, 11) is 0.991. The van der Waals surface area contributed by atoms with Gasteiger partial charge in [-0.05, 0) is 25.0 Å². The van der Waals surface area contributed by atoms with Crippen molar-refractivity contribution in [3.05, 3.63) is 51.7 Å². The summed E-state index contributed by atoms with van der Waals surface area (Å²) in [4.78, 5) is 25.7. The lowest BCUT2D eigenvalue weighted by molar-refractivity contribution is -0.147. The van der Waals surface area contributed by atoms with Gasteiger partial charge in [-0.25, -0.2) is 18.3 Å². The van der Waals surface area contributed by atoms with E-state index in [1.54, 1.807) is 0 Å². The predicted octanol–water partition coefficient (Wildman–Crippen LogP) is 2.36. The number of piperidine rings is 1. The number of aromatic nitrogens is 3. The van der Waals surface area contributed by atoms with Crippen LogP contribution in [-0.2, 0) is 13.2 Å². The van der Waals surface area contributed by atoms with Crippen LogP contribution in [0.3, 0.4) is 0 Å². The molecule has 0 unspecified atom stereocenters. The number of amides is 1. The zero-order chi connectivity index (χ0) is 19.9. The lowest BCUT2D eigenvalue weighted by Crippen LogP contribution is -2.41. The molecule has 0 N–H and O–H groups in total. The Morgan fingerprint density at radius 1 is 1.19 bits per heavy atom. The number of hydrogen-bond acceptors (Lipinski definition) is 3. The van der Waals surface area contributed by atoms with Crippen molar-refractivity contribution in [3.63, 3.8) is 0 Å². The molecule has 1 aliphatic rings. The fourth-order valence-electron chi connectivity index (χ4n) is 3.09. The van der Waals surface area contributed by atoms with Crippen LogP contribution in [0.15, 0.2) is 23.0 Å². The Bertz CT molecular complexity index is 926. The lowest BCUT2D eigenvalue weighted by atomic mass is 10.0. The van der Waals surface area contributed by atoms with E-state index in [2.05, 4.69) is 5.10 Å². The van der Waals surface area contributed by atoms with E-state index in [4.69, 9.17) is 0 Å². The third-order valence-electron chi connectivity index (χ3n) is 4.52. The molecule has 11 heteroatoms. The summed E-state index contributed by atoms with van der Waals surface area (Å²) in [6, 6.07) is 2.00. The van der Waals surface area contributed by atoms with Gasteiger partial charge >= 0.3 is 11.9 Å². The molecule has 3 rings (SSSR count). The van der Waals surface area contributed by atoms with Crippen LogP contribution in [0.1, 0.15) is 35.1 Å². The number of halogens is 5. The Hall–Kier alpha value is -2.72. The van der Waals surface area contributed by atoms with E-state index in [1.807, 2.05) is 0 Å². The standard InChI is InChI=1S/C16H15F5N4O2/c1-23-14(16(19,20)21)22-25(15(23)27)10-4-6-24(7-5-10)13(26)11-3-2-9(17)8-12(11)18/h2-3,8,10H,4-7H2,1H3. The molecular weight excluding hydrogens is 375 g/mol. The van der Waals surface area contributed by atoms with Crippen LogP contribution < -0.4 is 5.69 Å². The van der Waals surface area contributed by atoms with Crippen LogP contribution in [-0.4, -0.2) is 38.2 Å². The molecule has 1 aliphatic heterocycles. The first-order valence-electron chi connectivity index (χ1n) is 8.06. The number of benzene rings is 1. The molecule has 2 aromatic rings. The van der Waals surface area contributed by atoms with Crippen molar-refractivity contribution < 1.29 is 26.7 Å². The van der Waals surface area contributed by atoms with E-state index in [9.17, 15) is 31.5 Å². The van der Waals surface area contributed by atoms with Gasteiger partial charge in [0.1, 0.15) is 11.6 Å². The maximum absolute atomic E-state index is 13.8. The normalized spacial score (nSPS) is 16.0. The minimum Gasteiger partial charge on any atom is -0.338 e. The van der Waals surface area contributed by atoms with Crippen LogP contribution in [0.4, 0.5) is 22.0 Å². The van der Waals surface area contributed by atoms with Crippen molar-refractivity contribution in [1.82, 2.24) is 19.2 Å². The van der Waals surface area contributed by atoms with Gasteiger partial charge in [-0.3, -0.25) is 9.36 Å². The molecule has 0 saturated carbocycles. The molecule has 0 atom stereocenters. The van der Waals surface area contributed by atoms with Gasteiger partial charge in [0.2, 0.25) is 5.82 Å². The fraction of sp³-hybridized carbons (Fsp3) is 0.438. The van der Waals surface area contributed by atoms with Crippen molar-refractivity contribution in [2.75, 3.05) is 13.1 Å². The monoisotopic (exact) mass is 390 g/mol. The van der Waals surface area contributed by atoms with Gasteiger partial charge < -0.3 is 4.90 Å². The molecule has 146 valence electrons. The molecule has 0 bridgehead atoms. The summed E-state index contributed by atoms with van der Waals surface area (Å²) in [5, 5.41) is 3.39. The zero-order valence-electron chi connectivity index (χ0n) is 14.1. The first-order chi connectivity index (χ1) is 12.6. The number of likely N-dealkylation sites (tertiary alicyclic amines) is 1. The largest absolute Gasteiger partial charge is 0.451 e. The Balaban J connectivity index is 1.74. The average Bonchev–Trinajstić information content (AvgIpc) is 2.90. The molecule has 1 saturated heterocycles. The quantitative estimate of drug-likeness (QED) is 0.740. The summed E-state index contributed by atoms with van der Waals surface area (Å²) in [5.41, 5.74) is -1.18. The average molecular weight is 390 g/mol. The van der Waals surface area contributed by atoms with Crippen molar-refractivity contribution in [2.24, 2.45) is 7.05 Å². The topological polar surface area (TPSA) is 60.1 Å². The van der Waals surface area contributed by atoms with E-state index < -0.39 is 41.3 Å². The third kappa shape index (κ3) is 3.58. The SMILES string of the molecule is Cn1c(C(F)(F)F)nn(C2CCN(C(=O)c3ccc(F)cc3F)CC2)c1=O. The van der Waals surface area contributed by atoms with Crippen molar-refractivity contribution >= 4 is 5.91 Å². The minimum atomic E-state index is -4.75. The van der Waals surface area contributed by atoms with Crippen molar-refractivity contribution in [1.29, 1.82) is 0 Å². The minimum absolute atomic E-state index is 0.102. The maximum atomic E-state index is 13.8. The first-order valence-corrected chi connectivity index (χ1v) is 8.06. The van der Waals surface area contributed by atoms with Gasteiger partial charge in [0.15, 0.2) is 0 Å². The van der Waals surface area contributed by atoms with Crippen LogP contribution in [0.2, 0.25) is 0 Å². The van der Waals surface area contributed by atoms with Crippen LogP contribution >= 0.6 is 0 Å². The summed E-state index contributed by atoms with van der Waals surface area (Å²) in [6.07, 6.45) is -4.39. The molecule has 1 fully saturated rings. The molecule has 0 aliphatic carbocycles. The fourth-order valence-corrected chi connectivity index (χ4v) is 3.09. The molecule has 0 radical (unpaired) electrons. The maximum Gasteiger partial charge on any atom is 0.451 e. The Labute approximate surface area is 149 Å². The molecule has 6 nitrogen and oxygen atoms in total. The highest BCUT2D eigenvalue weighted by atomic mass is 19.4.